The first-order valence-electron chi connectivity index (χ1n) is 6.14. The summed E-state index contributed by atoms with van der Waals surface area (Å²) < 4.78 is 10.7. The average Bonchev–Trinajstić information content (AvgIpc) is 2.46. The van der Waals surface area contributed by atoms with Crippen molar-refractivity contribution in [1.82, 2.24) is 5.32 Å². The molecule has 1 aromatic rings. The van der Waals surface area contributed by atoms with E-state index in [4.69, 9.17) is 20.0 Å². The molecule has 1 aromatic carbocycles. The van der Waals surface area contributed by atoms with Gasteiger partial charge in [0.05, 0.1) is 30.7 Å². The molecule has 0 radical (unpaired) electrons. The number of carbonyl (C=O) groups is 1. The van der Waals surface area contributed by atoms with E-state index in [9.17, 15) is 4.79 Å². The van der Waals surface area contributed by atoms with Crippen LogP contribution in [0.5, 0.6) is 11.5 Å². The number of rotatable bonds is 7. The van der Waals surface area contributed by atoms with E-state index in [1.165, 1.54) is 0 Å². The molecule has 0 aromatic heterocycles. The summed E-state index contributed by atoms with van der Waals surface area (Å²) in [6.07, 6.45) is 0.257. The van der Waals surface area contributed by atoms with Crippen LogP contribution >= 0.6 is 0 Å². The third kappa shape index (κ3) is 4.87. The van der Waals surface area contributed by atoms with Gasteiger partial charge in [0.25, 0.3) is 5.91 Å². The van der Waals surface area contributed by atoms with Crippen molar-refractivity contribution in [3.05, 3.63) is 23.8 Å². The van der Waals surface area contributed by atoms with Crippen LogP contribution in [0.3, 0.4) is 0 Å². The van der Waals surface area contributed by atoms with Gasteiger partial charge in [-0.15, -0.1) is 0 Å². The Morgan fingerprint density at radius 1 is 1.30 bits per heavy atom. The SMILES string of the molecule is CCOc1cc(C#N)ccc1OCC(=O)NCCC#N. The summed E-state index contributed by atoms with van der Waals surface area (Å²) in [5.41, 5.74) is 0.458. The van der Waals surface area contributed by atoms with Crippen LogP contribution < -0.4 is 14.8 Å². The van der Waals surface area contributed by atoms with Gasteiger partial charge in [-0.2, -0.15) is 10.5 Å². The Morgan fingerprint density at radius 3 is 2.75 bits per heavy atom. The van der Waals surface area contributed by atoms with Crippen molar-refractivity contribution < 1.29 is 14.3 Å². The molecule has 6 nitrogen and oxygen atoms in total. The molecule has 0 saturated heterocycles. The molecular formula is C14H15N3O3. The van der Waals surface area contributed by atoms with Gasteiger partial charge in [0, 0.05) is 12.6 Å². The number of ether oxygens (including phenoxy) is 2. The number of hydrogen-bond acceptors (Lipinski definition) is 5. The first-order chi connectivity index (χ1) is 9.71. The van der Waals surface area contributed by atoms with Crippen molar-refractivity contribution in [2.24, 2.45) is 0 Å². The largest absolute Gasteiger partial charge is 0.490 e. The molecule has 0 aliphatic rings. The van der Waals surface area contributed by atoms with E-state index in [0.717, 1.165) is 0 Å². The number of hydrogen-bond donors (Lipinski definition) is 1. The highest BCUT2D eigenvalue weighted by molar-refractivity contribution is 5.77. The van der Waals surface area contributed by atoms with E-state index in [-0.39, 0.29) is 18.9 Å². The Kier molecular flexibility index (Phi) is 6.43. The fourth-order valence-corrected chi connectivity index (χ4v) is 1.42. The number of nitrogens with one attached hydrogen (secondary N) is 1. The lowest BCUT2D eigenvalue weighted by Gasteiger charge is -2.11. The van der Waals surface area contributed by atoms with Crippen molar-refractivity contribution >= 4 is 5.91 Å². The number of nitrogens with zero attached hydrogens (tertiary/aromatic N) is 2. The molecule has 0 bridgehead atoms. The fraction of sp³-hybridized carbons (Fsp3) is 0.357. The monoisotopic (exact) mass is 273 g/mol. The second kappa shape index (κ2) is 8.39. The molecule has 0 atom stereocenters. The molecular weight excluding hydrogens is 258 g/mol. The Hall–Kier alpha value is -2.73. The van der Waals surface area contributed by atoms with Gasteiger partial charge in [0.15, 0.2) is 18.1 Å². The lowest BCUT2D eigenvalue weighted by molar-refractivity contribution is -0.123. The van der Waals surface area contributed by atoms with E-state index in [2.05, 4.69) is 5.32 Å². The van der Waals surface area contributed by atoms with Gasteiger partial charge < -0.3 is 14.8 Å². The van der Waals surface area contributed by atoms with Gasteiger partial charge in [0.1, 0.15) is 0 Å². The van der Waals surface area contributed by atoms with Gasteiger partial charge in [-0.25, -0.2) is 0 Å². The quantitative estimate of drug-likeness (QED) is 0.757. The molecule has 0 fully saturated rings. The summed E-state index contributed by atoms with van der Waals surface area (Å²) in [5, 5.41) is 19.7. The van der Waals surface area contributed by atoms with Crippen LogP contribution in [0.1, 0.15) is 18.9 Å². The van der Waals surface area contributed by atoms with Gasteiger partial charge in [-0.3, -0.25) is 4.79 Å². The molecule has 104 valence electrons. The van der Waals surface area contributed by atoms with Crippen molar-refractivity contribution in [3.63, 3.8) is 0 Å². The van der Waals surface area contributed by atoms with Gasteiger partial charge in [-0.05, 0) is 19.1 Å². The number of benzene rings is 1. The van der Waals surface area contributed by atoms with Crippen LogP contribution in [-0.4, -0.2) is 25.7 Å². The van der Waals surface area contributed by atoms with Crippen LogP contribution in [-0.2, 0) is 4.79 Å². The molecule has 6 heteroatoms. The van der Waals surface area contributed by atoms with Gasteiger partial charge >= 0.3 is 0 Å². The predicted molar refractivity (Wildman–Crippen MR) is 71.1 cm³/mol. The van der Waals surface area contributed by atoms with E-state index in [1.54, 1.807) is 18.2 Å². The minimum absolute atomic E-state index is 0.169. The predicted octanol–water partition coefficient (Wildman–Crippen LogP) is 1.37. The molecule has 0 aliphatic heterocycles. The molecule has 0 unspecified atom stereocenters. The van der Waals surface area contributed by atoms with Crippen LogP contribution in [0.25, 0.3) is 0 Å². The summed E-state index contributed by atoms with van der Waals surface area (Å²) in [6.45, 7) is 2.37. The lowest BCUT2D eigenvalue weighted by Crippen LogP contribution is -2.29. The normalized spacial score (nSPS) is 9.15. The highest BCUT2D eigenvalue weighted by Gasteiger charge is 2.08. The average molecular weight is 273 g/mol. The standard InChI is InChI=1S/C14H15N3O3/c1-2-19-13-8-11(9-16)4-5-12(13)20-10-14(18)17-7-3-6-15/h4-5,8H,2-3,7,10H2,1H3,(H,17,18). The Labute approximate surface area is 117 Å². The van der Waals surface area contributed by atoms with E-state index >= 15 is 0 Å². The maximum Gasteiger partial charge on any atom is 0.257 e. The zero-order valence-electron chi connectivity index (χ0n) is 11.2. The van der Waals surface area contributed by atoms with Crippen molar-refractivity contribution in [1.29, 1.82) is 10.5 Å². The molecule has 0 heterocycles. The smallest absolute Gasteiger partial charge is 0.257 e. The Bertz CT molecular complexity index is 544. The fourth-order valence-electron chi connectivity index (χ4n) is 1.42. The second-order valence-electron chi connectivity index (χ2n) is 3.75. The molecule has 1 amide bonds. The Balaban J connectivity index is 2.61. The molecule has 0 saturated carbocycles. The molecule has 0 aliphatic carbocycles. The van der Waals surface area contributed by atoms with E-state index < -0.39 is 0 Å². The Morgan fingerprint density at radius 2 is 2.10 bits per heavy atom. The van der Waals surface area contributed by atoms with Crippen molar-refractivity contribution in [3.8, 4) is 23.6 Å². The lowest BCUT2D eigenvalue weighted by atomic mass is 10.2. The van der Waals surface area contributed by atoms with Crippen LogP contribution in [0.4, 0.5) is 0 Å². The van der Waals surface area contributed by atoms with Crippen molar-refractivity contribution in [2.75, 3.05) is 19.8 Å². The first kappa shape index (κ1) is 15.3. The van der Waals surface area contributed by atoms with Crippen LogP contribution in [0.15, 0.2) is 18.2 Å². The maximum absolute atomic E-state index is 11.4. The number of amides is 1. The van der Waals surface area contributed by atoms with E-state index in [0.29, 0.717) is 30.2 Å². The third-order valence-electron chi connectivity index (χ3n) is 2.29. The summed E-state index contributed by atoms with van der Waals surface area (Å²) >= 11 is 0. The molecule has 20 heavy (non-hydrogen) atoms. The summed E-state index contributed by atoms with van der Waals surface area (Å²) in [5.74, 6) is 0.518. The summed E-state index contributed by atoms with van der Waals surface area (Å²) in [7, 11) is 0. The van der Waals surface area contributed by atoms with E-state index in [1.807, 2.05) is 19.1 Å². The van der Waals surface area contributed by atoms with Crippen LogP contribution in [0.2, 0.25) is 0 Å². The van der Waals surface area contributed by atoms with Crippen molar-refractivity contribution in [2.45, 2.75) is 13.3 Å². The topological polar surface area (TPSA) is 95.1 Å². The highest BCUT2D eigenvalue weighted by atomic mass is 16.5. The molecule has 0 spiro atoms. The van der Waals surface area contributed by atoms with Gasteiger partial charge in [0.2, 0.25) is 0 Å². The number of carbonyl (C=O) groups excluding carboxylic acids is 1. The minimum atomic E-state index is -0.313. The molecule has 1 rings (SSSR count). The number of nitriles is 2. The summed E-state index contributed by atoms with van der Waals surface area (Å²) in [6, 6.07) is 8.68. The highest BCUT2D eigenvalue weighted by Crippen LogP contribution is 2.28. The summed E-state index contributed by atoms with van der Waals surface area (Å²) in [4.78, 5) is 11.4. The third-order valence-corrected chi connectivity index (χ3v) is 2.29. The first-order valence-corrected chi connectivity index (χ1v) is 6.14. The molecule has 1 N–H and O–H groups in total. The van der Waals surface area contributed by atoms with Crippen LogP contribution in [0, 0.1) is 22.7 Å². The zero-order valence-corrected chi connectivity index (χ0v) is 11.2. The minimum Gasteiger partial charge on any atom is -0.490 e. The second-order valence-corrected chi connectivity index (χ2v) is 3.75. The zero-order chi connectivity index (χ0) is 14.8. The maximum atomic E-state index is 11.4. The van der Waals surface area contributed by atoms with Gasteiger partial charge in [-0.1, -0.05) is 0 Å².